The first-order valence-corrected chi connectivity index (χ1v) is 24.6. The van der Waals surface area contributed by atoms with Gasteiger partial charge < -0.3 is 25.2 Å². The van der Waals surface area contributed by atoms with Crippen LogP contribution in [0.2, 0.25) is 0 Å². The van der Waals surface area contributed by atoms with Crippen molar-refractivity contribution in [3.05, 3.63) is 0 Å². The average Bonchev–Trinajstić information content (AvgIpc) is 3.16. The molecule has 0 aliphatic rings. The Labute approximate surface area is 338 Å². The van der Waals surface area contributed by atoms with Crippen molar-refractivity contribution in [1.82, 2.24) is 0 Å². The lowest BCUT2D eigenvalue weighted by molar-refractivity contribution is -0.154. The Balaban J connectivity index is 4.11. The van der Waals surface area contributed by atoms with E-state index in [0.29, 0.717) is 6.61 Å². The van der Waals surface area contributed by atoms with Gasteiger partial charge in [0.15, 0.2) is 0 Å². The number of hydrogen-bond acceptors (Lipinski definition) is 8. The highest BCUT2D eigenvalue weighted by Crippen LogP contribution is 2.43. The van der Waals surface area contributed by atoms with Crippen LogP contribution in [0, 0.1) is 0 Å². The number of esters is 1. The number of carboxylic acid groups (broad SMARTS) is 1. The molecule has 0 heterocycles. The Morgan fingerprint density at radius 2 is 0.836 bits per heavy atom. The highest BCUT2D eigenvalue weighted by Gasteiger charge is 2.27. The third-order valence-corrected chi connectivity index (χ3v) is 11.3. The number of carbonyl (C=O) groups is 2. The largest absolute Gasteiger partial charge is 0.480 e. The van der Waals surface area contributed by atoms with Gasteiger partial charge in [0.2, 0.25) is 0 Å². The minimum Gasteiger partial charge on any atom is -0.480 e. The van der Waals surface area contributed by atoms with Gasteiger partial charge in [-0.05, 0) is 12.8 Å². The number of phosphoric acid groups is 1. The van der Waals surface area contributed by atoms with Crippen molar-refractivity contribution in [3.8, 4) is 0 Å². The first-order valence-electron chi connectivity index (χ1n) is 23.1. The minimum atomic E-state index is -4.61. The second-order valence-electron chi connectivity index (χ2n) is 15.9. The minimum absolute atomic E-state index is 0.0259. The fourth-order valence-electron chi connectivity index (χ4n) is 6.78. The summed E-state index contributed by atoms with van der Waals surface area (Å²) in [6, 6.07) is -1.47. The van der Waals surface area contributed by atoms with Crippen LogP contribution in [-0.2, 0) is 32.7 Å². The van der Waals surface area contributed by atoms with Gasteiger partial charge in [-0.15, -0.1) is 0 Å². The summed E-state index contributed by atoms with van der Waals surface area (Å²) in [4.78, 5) is 33.5. The molecule has 0 amide bonds. The molecule has 328 valence electrons. The first kappa shape index (κ1) is 54.0. The van der Waals surface area contributed by atoms with Crippen LogP contribution >= 0.6 is 7.82 Å². The Hall–Kier alpha value is -1.03. The van der Waals surface area contributed by atoms with E-state index in [1.54, 1.807) is 0 Å². The fourth-order valence-corrected chi connectivity index (χ4v) is 7.56. The van der Waals surface area contributed by atoms with E-state index in [-0.39, 0.29) is 13.0 Å². The normalized spacial score (nSPS) is 13.8. The molecule has 1 unspecified atom stereocenters. The zero-order chi connectivity index (χ0) is 40.5. The molecule has 55 heavy (non-hydrogen) atoms. The predicted molar refractivity (Wildman–Crippen MR) is 226 cm³/mol. The van der Waals surface area contributed by atoms with Gasteiger partial charge in [0.1, 0.15) is 12.1 Å². The number of nitrogens with two attached hydrogens (primary N) is 1. The second-order valence-corrected chi connectivity index (χ2v) is 17.4. The van der Waals surface area contributed by atoms with Crippen molar-refractivity contribution in [1.29, 1.82) is 0 Å². The number of phosphoric ester groups is 1. The molecule has 4 N–H and O–H groups in total. The second kappa shape index (κ2) is 41.1. The van der Waals surface area contributed by atoms with Crippen molar-refractivity contribution in [2.75, 3.05) is 26.4 Å². The summed E-state index contributed by atoms with van der Waals surface area (Å²) in [6.07, 6.45) is 41.5. The van der Waals surface area contributed by atoms with Crippen molar-refractivity contribution in [2.24, 2.45) is 5.73 Å². The zero-order valence-electron chi connectivity index (χ0n) is 35.8. The summed E-state index contributed by atoms with van der Waals surface area (Å²) in [5.74, 6) is -1.76. The Bertz CT molecular complexity index is 893. The number of hydrogen-bond donors (Lipinski definition) is 3. The van der Waals surface area contributed by atoms with Crippen LogP contribution in [0.1, 0.15) is 232 Å². The van der Waals surface area contributed by atoms with E-state index < -0.39 is 45.1 Å². The van der Waals surface area contributed by atoms with Gasteiger partial charge in [-0.2, -0.15) is 0 Å². The van der Waals surface area contributed by atoms with Gasteiger partial charge in [0.25, 0.3) is 0 Å². The Morgan fingerprint density at radius 3 is 1.20 bits per heavy atom. The van der Waals surface area contributed by atoms with Gasteiger partial charge in [-0.25, -0.2) is 4.57 Å². The van der Waals surface area contributed by atoms with Crippen LogP contribution in [0.25, 0.3) is 0 Å². The lowest BCUT2D eigenvalue weighted by atomic mass is 10.0. The van der Waals surface area contributed by atoms with Gasteiger partial charge in [0.05, 0.1) is 19.8 Å². The van der Waals surface area contributed by atoms with Crippen LogP contribution < -0.4 is 5.73 Å². The maximum Gasteiger partial charge on any atom is 0.472 e. The maximum absolute atomic E-state index is 12.6. The molecule has 0 rings (SSSR count). The molecule has 0 saturated carbocycles. The lowest BCUT2D eigenvalue weighted by Crippen LogP contribution is -2.34. The molecular weight excluding hydrogens is 717 g/mol. The van der Waals surface area contributed by atoms with Crippen LogP contribution in [0.15, 0.2) is 0 Å². The van der Waals surface area contributed by atoms with E-state index in [1.807, 2.05) is 0 Å². The molecule has 11 heteroatoms. The molecule has 0 bridgehead atoms. The number of rotatable bonds is 45. The van der Waals surface area contributed by atoms with Crippen molar-refractivity contribution < 1.29 is 42.7 Å². The van der Waals surface area contributed by atoms with Crippen molar-refractivity contribution in [2.45, 2.75) is 244 Å². The molecule has 0 aromatic carbocycles. The molecule has 0 aromatic heterocycles. The monoisotopic (exact) mass is 806 g/mol. The SMILES string of the molecule is CCCCCCCCCCCCCCCCCCCCCCOC[C@H](COP(=O)(O)OC[C@H](N)C(=O)O)OC(=O)CCCCCCCCCCCCCCC. The average molecular weight is 806 g/mol. The zero-order valence-corrected chi connectivity index (χ0v) is 36.7. The Morgan fingerprint density at radius 1 is 0.509 bits per heavy atom. The molecular formula is C44H88NO9P. The fraction of sp³-hybridized carbons (Fsp3) is 0.955. The number of carboxylic acids is 1. The number of aliphatic carboxylic acids is 1. The molecule has 10 nitrogen and oxygen atoms in total. The van der Waals surface area contributed by atoms with E-state index >= 15 is 0 Å². The molecule has 0 radical (unpaired) electrons. The van der Waals surface area contributed by atoms with Gasteiger partial charge >= 0.3 is 19.8 Å². The third kappa shape index (κ3) is 40.9. The Kier molecular flexibility index (Phi) is 40.4. The van der Waals surface area contributed by atoms with Gasteiger partial charge in [0, 0.05) is 13.0 Å². The van der Waals surface area contributed by atoms with E-state index in [9.17, 15) is 19.0 Å². The van der Waals surface area contributed by atoms with Crippen LogP contribution in [0.3, 0.4) is 0 Å². The summed E-state index contributed by atoms with van der Waals surface area (Å²) in [5.41, 5.74) is 5.36. The smallest absolute Gasteiger partial charge is 0.472 e. The molecule has 0 fully saturated rings. The highest BCUT2D eigenvalue weighted by molar-refractivity contribution is 7.47. The quantitative estimate of drug-likeness (QED) is 0.0308. The van der Waals surface area contributed by atoms with Crippen LogP contribution in [0.5, 0.6) is 0 Å². The van der Waals surface area contributed by atoms with E-state index in [0.717, 1.165) is 38.5 Å². The molecule has 0 aromatic rings. The summed E-state index contributed by atoms with van der Waals surface area (Å²) in [5, 5.41) is 8.90. The van der Waals surface area contributed by atoms with Crippen molar-refractivity contribution in [3.63, 3.8) is 0 Å². The first-order chi connectivity index (χ1) is 26.7. The molecule has 3 atom stereocenters. The molecule has 0 aliphatic carbocycles. The van der Waals surface area contributed by atoms with Gasteiger partial charge in [-0.3, -0.25) is 18.6 Å². The van der Waals surface area contributed by atoms with Crippen LogP contribution in [0.4, 0.5) is 0 Å². The third-order valence-electron chi connectivity index (χ3n) is 10.4. The standard InChI is InChI=1S/C44H88NO9P/c1-3-5-7-9-11-13-15-17-18-19-20-21-22-23-25-27-29-31-33-35-37-51-38-41(39-52-55(49,50)53-40-42(45)44(47)48)54-43(46)36-34-32-30-28-26-24-16-14-12-10-8-6-4-2/h41-42H,3-40,45H2,1-2H3,(H,47,48)(H,49,50)/t41-,42+/m1/s1. The van der Waals surface area contributed by atoms with E-state index in [2.05, 4.69) is 13.8 Å². The predicted octanol–water partition coefficient (Wildman–Crippen LogP) is 12.8. The summed E-state index contributed by atoms with van der Waals surface area (Å²) in [6.45, 7) is 3.93. The lowest BCUT2D eigenvalue weighted by Gasteiger charge is -2.20. The van der Waals surface area contributed by atoms with Crippen molar-refractivity contribution >= 4 is 19.8 Å². The van der Waals surface area contributed by atoms with E-state index in [1.165, 1.54) is 173 Å². The number of carbonyl (C=O) groups excluding carboxylic acids is 1. The molecule has 0 spiro atoms. The summed E-state index contributed by atoms with van der Waals surface area (Å²) < 4.78 is 33.4. The number of ether oxygens (including phenoxy) is 2. The highest BCUT2D eigenvalue weighted by atomic mass is 31.2. The summed E-state index contributed by atoms with van der Waals surface area (Å²) in [7, 11) is -4.61. The van der Waals surface area contributed by atoms with E-state index in [4.69, 9.17) is 29.4 Å². The van der Waals surface area contributed by atoms with Crippen LogP contribution in [-0.4, -0.2) is 60.5 Å². The maximum atomic E-state index is 12.6. The molecule has 0 aliphatic heterocycles. The van der Waals surface area contributed by atoms with Gasteiger partial charge in [-0.1, -0.05) is 213 Å². The topological polar surface area (TPSA) is 155 Å². The molecule has 0 saturated heterocycles. The number of unbranched alkanes of at least 4 members (excludes halogenated alkanes) is 31. The summed E-state index contributed by atoms with van der Waals surface area (Å²) >= 11 is 0.